The molecule has 7 nitrogen and oxygen atoms in total. The Bertz CT molecular complexity index is 891. The van der Waals surface area contributed by atoms with Crippen LogP contribution in [0, 0.1) is 17.2 Å². The molecule has 0 unspecified atom stereocenters. The number of urea groups is 1. The minimum absolute atomic E-state index is 0.0163. The zero-order valence-electron chi connectivity index (χ0n) is 20.4. The predicted molar refractivity (Wildman–Crippen MR) is 134 cm³/mol. The van der Waals surface area contributed by atoms with E-state index >= 15 is 0 Å². The van der Waals surface area contributed by atoms with Crippen LogP contribution >= 0.6 is 11.8 Å². The average Bonchev–Trinajstić information content (AvgIpc) is 2.79. The highest BCUT2D eigenvalue weighted by atomic mass is 32.2. The highest BCUT2D eigenvalue weighted by Gasteiger charge is 2.40. The molecule has 2 aliphatic rings. The SMILES string of the molecule is CC(C)CN1C(=N)/C(=C(\NCC2CCN(C(C)C)CC2)Sc2ccccc2)C(=O)N(C)C1=O. The van der Waals surface area contributed by atoms with Crippen LogP contribution in [0.2, 0.25) is 0 Å². The van der Waals surface area contributed by atoms with E-state index in [0.717, 1.165) is 42.3 Å². The van der Waals surface area contributed by atoms with Crippen LogP contribution in [-0.2, 0) is 4.79 Å². The van der Waals surface area contributed by atoms with Crippen molar-refractivity contribution in [3.05, 3.63) is 40.9 Å². The molecule has 8 heteroatoms. The van der Waals surface area contributed by atoms with Gasteiger partial charge in [0.15, 0.2) is 0 Å². The molecule has 33 heavy (non-hydrogen) atoms. The Balaban J connectivity index is 1.87. The van der Waals surface area contributed by atoms with Crippen molar-refractivity contribution in [1.29, 1.82) is 5.41 Å². The van der Waals surface area contributed by atoms with Gasteiger partial charge in [-0.15, -0.1) is 0 Å². The van der Waals surface area contributed by atoms with E-state index in [-0.39, 0.29) is 17.3 Å². The number of nitrogens with zero attached hydrogens (tertiary/aromatic N) is 3. The van der Waals surface area contributed by atoms with Gasteiger partial charge in [-0.25, -0.2) is 4.79 Å². The number of piperidine rings is 1. The minimum atomic E-state index is -0.437. The highest BCUT2D eigenvalue weighted by molar-refractivity contribution is 8.03. The molecule has 1 aromatic carbocycles. The maximum absolute atomic E-state index is 13.2. The van der Waals surface area contributed by atoms with Gasteiger partial charge < -0.3 is 10.2 Å². The molecule has 0 aromatic heterocycles. The normalized spacial score (nSPS) is 20.3. The molecular formula is C25H37N5O2S. The number of imide groups is 1. The monoisotopic (exact) mass is 471 g/mol. The van der Waals surface area contributed by atoms with Crippen molar-refractivity contribution in [2.75, 3.05) is 33.2 Å². The number of benzene rings is 1. The molecule has 3 rings (SSSR count). The molecule has 180 valence electrons. The lowest BCUT2D eigenvalue weighted by molar-refractivity contribution is -0.123. The lowest BCUT2D eigenvalue weighted by atomic mass is 9.96. The van der Waals surface area contributed by atoms with Crippen molar-refractivity contribution in [3.8, 4) is 0 Å². The maximum Gasteiger partial charge on any atom is 0.332 e. The van der Waals surface area contributed by atoms with Gasteiger partial charge in [0.2, 0.25) is 0 Å². The number of hydrogen-bond donors (Lipinski definition) is 2. The second kappa shape index (κ2) is 11.2. The van der Waals surface area contributed by atoms with Crippen molar-refractivity contribution in [2.45, 2.75) is 51.5 Å². The van der Waals surface area contributed by atoms with Crippen LogP contribution in [0.4, 0.5) is 4.79 Å². The molecule has 0 spiro atoms. The number of thioether (sulfide) groups is 1. The van der Waals surface area contributed by atoms with Gasteiger partial charge in [0, 0.05) is 31.1 Å². The van der Waals surface area contributed by atoms with E-state index in [1.165, 1.54) is 23.7 Å². The molecule has 3 amide bonds. The van der Waals surface area contributed by atoms with Gasteiger partial charge in [-0.05, 0) is 63.7 Å². The van der Waals surface area contributed by atoms with Crippen molar-refractivity contribution in [2.24, 2.45) is 11.8 Å². The van der Waals surface area contributed by atoms with Crippen LogP contribution in [0.15, 0.2) is 45.8 Å². The Hall–Kier alpha value is -2.32. The van der Waals surface area contributed by atoms with Crippen molar-refractivity contribution in [1.82, 2.24) is 20.0 Å². The molecular weight excluding hydrogens is 434 g/mol. The third-order valence-electron chi connectivity index (χ3n) is 6.21. The summed E-state index contributed by atoms with van der Waals surface area (Å²) in [6, 6.07) is 9.98. The lowest BCUT2D eigenvalue weighted by Gasteiger charge is -2.36. The third kappa shape index (κ3) is 6.18. The highest BCUT2D eigenvalue weighted by Crippen LogP contribution is 2.31. The molecule has 1 aromatic rings. The molecule has 0 bridgehead atoms. The summed E-state index contributed by atoms with van der Waals surface area (Å²) >= 11 is 1.45. The molecule has 2 saturated heterocycles. The predicted octanol–water partition coefficient (Wildman–Crippen LogP) is 4.23. The summed E-state index contributed by atoms with van der Waals surface area (Å²) in [5, 5.41) is 12.9. The van der Waals surface area contributed by atoms with E-state index in [4.69, 9.17) is 5.41 Å². The van der Waals surface area contributed by atoms with Crippen LogP contribution in [-0.4, -0.2) is 71.7 Å². The Morgan fingerprint density at radius 1 is 1.12 bits per heavy atom. The molecule has 2 fully saturated rings. The maximum atomic E-state index is 13.2. The smallest absolute Gasteiger partial charge is 0.332 e. The molecule has 2 N–H and O–H groups in total. The number of likely N-dealkylation sites (N-methyl/N-ethyl adjacent to an activating group) is 1. The number of carbonyl (C=O) groups excluding carboxylic acids is 2. The van der Waals surface area contributed by atoms with Crippen LogP contribution in [0.1, 0.15) is 40.5 Å². The van der Waals surface area contributed by atoms with Crippen molar-refractivity contribution < 1.29 is 9.59 Å². The fraction of sp³-hybridized carbons (Fsp3) is 0.560. The zero-order chi connectivity index (χ0) is 24.1. The van der Waals surface area contributed by atoms with Crippen molar-refractivity contribution >= 4 is 29.5 Å². The summed E-state index contributed by atoms with van der Waals surface area (Å²) < 4.78 is 0. The van der Waals surface area contributed by atoms with Gasteiger partial charge in [-0.1, -0.05) is 43.8 Å². The van der Waals surface area contributed by atoms with Gasteiger partial charge in [0.1, 0.15) is 11.4 Å². The topological polar surface area (TPSA) is 79.7 Å². The molecule has 2 aliphatic heterocycles. The first-order chi connectivity index (χ1) is 15.7. The first-order valence-electron chi connectivity index (χ1n) is 11.8. The number of amides is 3. The van der Waals surface area contributed by atoms with Crippen LogP contribution in [0.3, 0.4) is 0 Å². The Morgan fingerprint density at radius 3 is 2.33 bits per heavy atom. The van der Waals surface area contributed by atoms with Crippen LogP contribution < -0.4 is 5.32 Å². The van der Waals surface area contributed by atoms with Crippen LogP contribution in [0.5, 0.6) is 0 Å². The average molecular weight is 472 g/mol. The Morgan fingerprint density at radius 2 is 1.76 bits per heavy atom. The van der Waals surface area contributed by atoms with Gasteiger partial charge in [0.05, 0.1) is 5.03 Å². The summed E-state index contributed by atoms with van der Waals surface area (Å²) in [6.07, 6.45) is 2.21. The van der Waals surface area contributed by atoms with E-state index in [1.54, 1.807) is 0 Å². The second-order valence-corrected chi connectivity index (χ2v) is 10.7. The number of carbonyl (C=O) groups is 2. The zero-order valence-corrected chi connectivity index (χ0v) is 21.2. The minimum Gasteiger partial charge on any atom is -0.379 e. The number of amidine groups is 1. The molecule has 0 aliphatic carbocycles. The fourth-order valence-corrected chi connectivity index (χ4v) is 5.17. The van der Waals surface area contributed by atoms with E-state index in [2.05, 4.69) is 24.1 Å². The Labute approximate surface area is 202 Å². The van der Waals surface area contributed by atoms with Gasteiger partial charge in [-0.2, -0.15) is 0 Å². The first kappa shape index (κ1) is 25.3. The quantitative estimate of drug-likeness (QED) is 0.438. The molecule has 2 heterocycles. The van der Waals surface area contributed by atoms with Gasteiger partial charge >= 0.3 is 6.03 Å². The van der Waals surface area contributed by atoms with Crippen LogP contribution in [0.25, 0.3) is 0 Å². The van der Waals surface area contributed by atoms with E-state index < -0.39 is 11.9 Å². The molecule has 0 radical (unpaired) electrons. The van der Waals surface area contributed by atoms with E-state index in [9.17, 15) is 9.59 Å². The largest absolute Gasteiger partial charge is 0.379 e. The standard InChI is InChI=1S/C25H37N5O2S/c1-17(2)16-30-22(26)21(24(31)28(5)25(30)32)23(33-20-9-7-6-8-10-20)27-15-19-11-13-29(14-12-19)18(3)4/h6-10,17-19,26-27H,11-16H2,1-5H3/b23-21-,26-22?. The Kier molecular flexibility index (Phi) is 8.59. The molecule has 0 atom stereocenters. The fourth-order valence-electron chi connectivity index (χ4n) is 4.20. The third-order valence-corrected chi connectivity index (χ3v) is 7.27. The van der Waals surface area contributed by atoms with Gasteiger partial charge in [0.25, 0.3) is 5.91 Å². The summed E-state index contributed by atoms with van der Waals surface area (Å²) in [5.74, 6) is 0.246. The molecule has 0 saturated carbocycles. The summed E-state index contributed by atoms with van der Waals surface area (Å²) in [6.45, 7) is 11.8. The number of nitrogens with one attached hydrogen (secondary N) is 2. The van der Waals surface area contributed by atoms with Gasteiger partial charge in [-0.3, -0.25) is 20.0 Å². The summed E-state index contributed by atoms with van der Waals surface area (Å²) in [5.41, 5.74) is 0.270. The number of hydrogen-bond acceptors (Lipinski definition) is 6. The summed E-state index contributed by atoms with van der Waals surface area (Å²) in [7, 11) is 1.50. The van der Waals surface area contributed by atoms with E-state index in [1.807, 2.05) is 44.2 Å². The van der Waals surface area contributed by atoms with Crippen molar-refractivity contribution in [3.63, 3.8) is 0 Å². The lowest BCUT2D eigenvalue weighted by Crippen LogP contribution is -2.56. The first-order valence-corrected chi connectivity index (χ1v) is 12.6. The summed E-state index contributed by atoms with van der Waals surface area (Å²) in [4.78, 5) is 32.0. The number of likely N-dealkylation sites (tertiary alicyclic amines) is 1. The van der Waals surface area contributed by atoms with E-state index in [0.29, 0.717) is 23.5 Å². The second-order valence-electron chi connectivity index (χ2n) is 9.57. The number of rotatable bonds is 8.